The first-order valence-corrected chi connectivity index (χ1v) is 10.7. The molecule has 1 amide bonds. The average molecular weight is 395 g/mol. The molecule has 5 rings (SSSR count). The van der Waals surface area contributed by atoms with Crippen LogP contribution in [-0.2, 0) is 0 Å². The van der Waals surface area contributed by atoms with E-state index in [1.807, 2.05) is 24.3 Å². The Morgan fingerprint density at radius 2 is 1.60 bits per heavy atom. The van der Waals surface area contributed by atoms with E-state index in [9.17, 15) is 4.79 Å². The van der Waals surface area contributed by atoms with Gasteiger partial charge in [-0.25, -0.2) is 0 Å². The molecule has 4 aromatic rings. The Morgan fingerprint density at radius 3 is 2.40 bits per heavy atom. The maximum atomic E-state index is 13.4. The topological polar surface area (TPSA) is 36.1 Å². The molecule has 0 radical (unpaired) electrons. The van der Waals surface area contributed by atoms with Crippen molar-refractivity contribution >= 4 is 16.8 Å². The standard InChI is InChI=1S/C27H26N2O/c1-18(2)16-17-29-26(20-12-6-7-13-21(20)27(29)30)24-22-14-8-9-15-23(22)28-25(24)19-10-4-3-5-11-19/h3-15,18,26,28H,16-17H2,1-2H3. The molecule has 1 atom stereocenters. The summed E-state index contributed by atoms with van der Waals surface area (Å²) in [6.45, 7) is 5.18. The average Bonchev–Trinajstić information content (AvgIpc) is 3.28. The van der Waals surface area contributed by atoms with Crippen molar-refractivity contribution in [2.24, 2.45) is 5.92 Å². The Kier molecular flexibility index (Phi) is 4.66. The summed E-state index contributed by atoms with van der Waals surface area (Å²) in [7, 11) is 0. The highest BCUT2D eigenvalue weighted by molar-refractivity contribution is 6.02. The number of aromatic nitrogens is 1. The highest BCUT2D eigenvalue weighted by atomic mass is 16.2. The molecule has 2 heterocycles. The zero-order valence-electron chi connectivity index (χ0n) is 17.4. The normalized spacial score (nSPS) is 15.9. The molecule has 0 saturated heterocycles. The second-order valence-electron chi connectivity index (χ2n) is 8.50. The van der Waals surface area contributed by atoms with Crippen molar-refractivity contribution in [3.05, 3.63) is 95.6 Å². The van der Waals surface area contributed by atoms with Gasteiger partial charge in [-0.3, -0.25) is 4.79 Å². The zero-order chi connectivity index (χ0) is 20.7. The van der Waals surface area contributed by atoms with Gasteiger partial charge in [0.2, 0.25) is 0 Å². The van der Waals surface area contributed by atoms with Crippen LogP contribution >= 0.6 is 0 Å². The number of rotatable bonds is 5. The van der Waals surface area contributed by atoms with Crippen LogP contribution in [0.25, 0.3) is 22.2 Å². The van der Waals surface area contributed by atoms with Crippen LogP contribution < -0.4 is 0 Å². The fourth-order valence-electron chi connectivity index (χ4n) is 4.59. The summed E-state index contributed by atoms with van der Waals surface area (Å²) < 4.78 is 0. The van der Waals surface area contributed by atoms with Crippen LogP contribution in [0.15, 0.2) is 78.9 Å². The minimum absolute atomic E-state index is 0.0844. The third-order valence-corrected chi connectivity index (χ3v) is 6.09. The summed E-state index contributed by atoms with van der Waals surface area (Å²) in [4.78, 5) is 19.1. The quantitative estimate of drug-likeness (QED) is 0.416. The number of benzene rings is 3. The van der Waals surface area contributed by atoms with Crippen molar-refractivity contribution in [3.63, 3.8) is 0 Å². The Balaban J connectivity index is 1.76. The summed E-state index contributed by atoms with van der Waals surface area (Å²) in [5.74, 6) is 0.680. The Labute approximate surface area is 177 Å². The van der Waals surface area contributed by atoms with Gasteiger partial charge in [0, 0.05) is 28.6 Å². The van der Waals surface area contributed by atoms with Crippen LogP contribution in [0, 0.1) is 5.92 Å². The van der Waals surface area contributed by atoms with Crippen molar-refractivity contribution in [2.75, 3.05) is 6.54 Å². The first kappa shape index (κ1) is 18.7. The zero-order valence-corrected chi connectivity index (χ0v) is 17.4. The second-order valence-corrected chi connectivity index (χ2v) is 8.50. The fraction of sp³-hybridized carbons (Fsp3) is 0.222. The minimum atomic E-state index is -0.0844. The first-order chi connectivity index (χ1) is 14.6. The highest BCUT2D eigenvalue weighted by Gasteiger charge is 2.39. The van der Waals surface area contributed by atoms with Gasteiger partial charge in [0.25, 0.3) is 5.91 Å². The predicted molar refractivity (Wildman–Crippen MR) is 123 cm³/mol. The highest BCUT2D eigenvalue weighted by Crippen LogP contribution is 2.45. The van der Waals surface area contributed by atoms with E-state index in [2.05, 4.69) is 78.3 Å². The van der Waals surface area contributed by atoms with Crippen LogP contribution in [0.3, 0.4) is 0 Å². The van der Waals surface area contributed by atoms with E-state index < -0.39 is 0 Å². The number of carbonyl (C=O) groups is 1. The SMILES string of the molecule is CC(C)CCN1C(=O)c2ccccc2C1c1c(-c2ccccc2)[nH]c2ccccc12. The maximum absolute atomic E-state index is 13.4. The molecule has 1 aliphatic heterocycles. The van der Waals surface area contributed by atoms with E-state index >= 15 is 0 Å². The predicted octanol–water partition coefficient (Wildman–Crippen LogP) is 6.43. The summed E-state index contributed by atoms with van der Waals surface area (Å²) in [5, 5.41) is 1.18. The van der Waals surface area contributed by atoms with Crippen LogP contribution in [-0.4, -0.2) is 22.3 Å². The molecule has 1 N–H and O–H groups in total. The fourth-order valence-corrected chi connectivity index (χ4v) is 4.59. The van der Waals surface area contributed by atoms with Gasteiger partial charge < -0.3 is 9.88 Å². The Bertz CT molecular complexity index is 1210. The first-order valence-electron chi connectivity index (χ1n) is 10.7. The molecule has 3 aromatic carbocycles. The molecule has 1 aliphatic rings. The molecule has 0 fully saturated rings. The third kappa shape index (κ3) is 3.02. The summed E-state index contributed by atoms with van der Waals surface area (Å²) in [5.41, 5.74) is 6.47. The van der Waals surface area contributed by atoms with Gasteiger partial charge in [0.05, 0.1) is 11.7 Å². The molecular formula is C27H26N2O. The minimum Gasteiger partial charge on any atom is -0.354 e. The molecule has 0 bridgehead atoms. The van der Waals surface area contributed by atoms with E-state index in [0.29, 0.717) is 5.92 Å². The maximum Gasteiger partial charge on any atom is 0.255 e. The number of hydrogen-bond acceptors (Lipinski definition) is 1. The van der Waals surface area contributed by atoms with E-state index in [1.54, 1.807) is 0 Å². The van der Waals surface area contributed by atoms with E-state index in [4.69, 9.17) is 0 Å². The monoisotopic (exact) mass is 394 g/mol. The number of nitrogens with one attached hydrogen (secondary N) is 1. The third-order valence-electron chi connectivity index (χ3n) is 6.09. The number of aromatic amines is 1. The lowest BCUT2D eigenvalue weighted by Gasteiger charge is -2.27. The number of carbonyl (C=O) groups excluding carboxylic acids is 1. The van der Waals surface area contributed by atoms with Crippen LogP contribution in [0.5, 0.6) is 0 Å². The molecule has 1 unspecified atom stereocenters. The van der Waals surface area contributed by atoms with Gasteiger partial charge in [-0.2, -0.15) is 0 Å². The number of nitrogens with zero attached hydrogens (tertiary/aromatic N) is 1. The van der Waals surface area contributed by atoms with Gasteiger partial charge in [-0.1, -0.05) is 80.6 Å². The lowest BCUT2D eigenvalue weighted by Crippen LogP contribution is -2.30. The van der Waals surface area contributed by atoms with Gasteiger partial charge in [-0.15, -0.1) is 0 Å². The summed E-state index contributed by atoms with van der Waals surface area (Å²) in [6, 6.07) is 26.9. The van der Waals surface area contributed by atoms with Crippen molar-refractivity contribution in [1.29, 1.82) is 0 Å². The molecule has 3 nitrogen and oxygen atoms in total. The van der Waals surface area contributed by atoms with Gasteiger partial charge >= 0.3 is 0 Å². The lowest BCUT2D eigenvalue weighted by atomic mass is 9.93. The molecule has 0 saturated carbocycles. The number of H-pyrrole nitrogens is 1. The number of para-hydroxylation sites is 1. The van der Waals surface area contributed by atoms with Gasteiger partial charge in [0.15, 0.2) is 0 Å². The number of hydrogen-bond donors (Lipinski definition) is 1. The van der Waals surface area contributed by atoms with Crippen molar-refractivity contribution in [2.45, 2.75) is 26.3 Å². The van der Waals surface area contributed by atoms with Crippen molar-refractivity contribution in [3.8, 4) is 11.3 Å². The van der Waals surface area contributed by atoms with Crippen LogP contribution in [0.4, 0.5) is 0 Å². The van der Waals surface area contributed by atoms with Crippen LogP contribution in [0.1, 0.15) is 47.8 Å². The van der Waals surface area contributed by atoms with E-state index in [-0.39, 0.29) is 11.9 Å². The van der Waals surface area contributed by atoms with Gasteiger partial charge in [0.1, 0.15) is 0 Å². The Hall–Kier alpha value is -3.33. The number of fused-ring (bicyclic) bond motifs is 2. The van der Waals surface area contributed by atoms with E-state index in [1.165, 1.54) is 10.9 Å². The molecule has 30 heavy (non-hydrogen) atoms. The molecule has 0 aliphatic carbocycles. The lowest BCUT2D eigenvalue weighted by molar-refractivity contribution is 0.0743. The van der Waals surface area contributed by atoms with Crippen LogP contribution in [0.2, 0.25) is 0 Å². The van der Waals surface area contributed by atoms with Gasteiger partial charge in [-0.05, 0) is 35.6 Å². The Morgan fingerprint density at radius 1 is 0.900 bits per heavy atom. The number of amides is 1. The van der Waals surface area contributed by atoms with Crippen molar-refractivity contribution in [1.82, 2.24) is 9.88 Å². The molecule has 0 spiro atoms. The second kappa shape index (κ2) is 7.49. The summed E-state index contributed by atoms with van der Waals surface area (Å²) in [6.07, 6.45) is 0.985. The van der Waals surface area contributed by atoms with E-state index in [0.717, 1.165) is 40.9 Å². The van der Waals surface area contributed by atoms with Crippen molar-refractivity contribution < 1.29 is 4.79 Å². The molecule has 150 valence electrons. The summed E-state index contributed by atoms with van der Waals surface area (Å²) >= 11 is 0. The molecule has 3 heteroatoms. The molecule has 1 aromatic heterocycles. The largest absolute Gasteiger partial charge is 0.354 e. The smallest absolute Gasteiger partial charge is 0.255 e. The molecular weight excluding hydrogens is 368 g/mol.